The van der Waals surface area contributed by atoms with Crippen LogP contribution in [0, 0.1) is 6.92 Å². The molecule has 0 atom stereocenters. The van der Waals surface area contributed by atoms with Crippen molar-refractivity contribution in [1.29, 1.82) is 0 Å². The number of carbonyl (C=O) groups excluding carboxylic acids is 1. The van der Waals surface area contributed by atoms with Crippen LogP contribution in [0.1, 0.15) is 16.2 Å². The highest BCUT2D eigenvalue weighted by atomic mass is 16.5. The molecule has 3 heterocycles. The Morgan fingerprint density at radius 3 is 2.58 bits per heavy atom. The molecule has 2 aromatic heterocycles. The van der Waals surface area contributed by atoms with Crippen molar-refractivity contribution in [3.05, 3.63) is 72.1 Å². The maximum atomic E-state index is 12.7. The van der Waals surface area contributed by atoms with Crippen LogP contribution in [-0.2, 0) is 7.05 Å². The number of nitrogens with zero attached hydrogens (tertiary/aromatic N) is 5. The Morgan fingerprint density at radius 2 is 1.84 bits per heavy atom. The van der Waals surface area contributed by atoms with Gasteiger partial charge < -0.3 is 14.2 Å². The topological polar surface area (TPSA) is 86.3 Å². The van der Waals surface area contributed by atoms with E-state index in [1.54, 1.807) is 22.7 Å². The Bertz CT molecular complexity index is 1230. The number of rotatable bonds is 5. The molecule has 1 fully saturated rings. The molecule has 2 aromatic carbocycles. The maximum absolute atomic E-state index is 12.7. The number of ether oxygens (including phenoxy) is 1. The smallest absolute Gasteiger partial charge is 0.272 e. The number of aromatic nitrogens is 4. The molecule has 0 saturated carbocycles. The fraction of sp³-hybridized carbons (Fsp3) is 0.217. The van der Waals surface area contributed by atoms with Crippen LogP contribution in [0.15, 0.2) is 65.2 Å². The van der Waals surface area contributed by atoms with E-state index < -0.39 is 0 Å². The van der Waals surface area contributed by atoms with Crippen LogP contribution in [0.25, 0.3) is 22.8 Å². The summed E-state index contributed by atoms with van der Waals surface area (Å²) in [4.78, 5) is 18.9. The minimum atomic E-state index is -0.101. The van der Waals surface area contributed by atoms with Gasteiger partial charge in [-0.25, -0.2) is 0 Å². The number of para-hydroxylation sites is 1. The van der Waals surface area contributed by atoms with Crippen LogP contribution >= 0.6 is 0 Å². The Morgan fingerprint density at radius 1 is 1.10 bits per heavy atom. The number of likely N-dealkylation sites (tertiary alicyclic amines) is 1. The fourth-order valence-electron chi connectivity index (χ4n) is 3.61. The summed E-state index contributed by atoms with van der Waals surface area (Å²) >= 11 is 0. The van der Waals surface area contributed by atoms with Gasteiger partial charge in [0.25, 0.3) is 11.8 Å². The molecule has 1 aliphatic rings. The van der Waals surface area contributed by atoms with Gasteiger partial charge in [-0.3, -0.25) is 9.48 Å². The molecule has 8 nitrogen and oxygen atoms in total. The quantitative estimate of drug-likeness (QED) is 0.497. The molecule has 0 bridgehead atoms. The Kier molecular flexibility index (Phi) is 4.74. The highest BCUT2D eigenvalue weighted by molar-refractivity contribution is 5.93. The SMILES string of the molecule is Cc1cc(C(=O)N2CC(Oc3ccccc3-c3nc(-c4ccccc4)no3)C2)n(C)n1. The molecule has 0 aliphatic carbocycles. The van der Waals surface area contributed by atoms with Crippen LogP contribution in [0.3, 0.4) is 0 Å². The normalized spacial score (nSPS) is 13.8. The lowest BCUT2D eigenvalue weighted by atomic mass is 10.1. The lowest BCUT2D eigenvalue weighted by Crippen LogP contribution is -2.56. The summed E-state index contributed by atoms with van der Waals surface area (Å²) in [5, 5.41) is 8.34. The third-order valence-corrected chi connectivity index (χ3v) is 5.23. The summed E-state index contributed by atoms with van der Waals surface area (Å²) in [6.07, 6.45) is -0.101. The van der Waals surface area contributed by atoms with Crippen LogP contribution < -0.4 is 4.74 Å². The van der Waals surface area contributed by atoms with Crippen molar-refractivity contribution in [3.63, 3.8) is 0 Å². The second-order valence-electron chi connectivity index (χ2n) is 7.53. The number of aryl methyl sites for hydroxylation is 2. The average molecular weight is 415 g/mol. The van der Waals surface area contributed by atoms with E-state index in [0.29, 0.717) is 36.2 Å². The molecule has 1 amide bonds. The van der Waals surface area contributed by atoms with Gasteiger partial charge in [-0.2, -0.15) is 10.1 Å². The van der Waals surface area contributed by atoms with E-state index in [2.05, 4.69) is 15.2 Å². The van der Waals surface area contributed by atoms with Crippen LogP contribution in [0.5, 0.6) is 5.75 Å². The molecular formula is C23H21N5O3. The number of benzene rings is 2. The van der Waals surface area contributed by atoms with E-state index in [9.17, 15) is 4.79 Å². The van der Waals surface area contributed by atoms with E-state index in [1.807, 2.05) is 61.5 Å². The summed E-state index contributed by atoms with van der Waals surface area (Å²) in [6, 6.07) is 19.0. The fourth-order valence-corrected chi connectivity index (χ4v) is 3.61. The van der Waals surface area contributed by atoms with Gasteiger partial charge in [-0.1, -0.05) is 47.6 Å². The summed E-state index contributed by atoms with van der Waals surface area (Å²) in [5.74, 6) is 1.53. The van der Waals surface area contributed by atoms with Crippen molar-refractivity contribution in [3.8, 4) is 28.6 Å². The first-order chi connectivity index (χ1) is 15.1. The van der Waals surface area contributed by atoms with E-state index in [0.717, 1.165) is 16.8 Å². The minimum absolute atomic E-state index is 0.0411. The number of amides is 1. The monoisotopic (exact) mass is 415 g/mol. The molecule has 0 unspecified atom stereocenters. The third kappa shape index (κ3) is 3.68. The first kappa shape index (κ1) is 19.0. The Balaban J connectivity index is 1.29. The van der Waals surface area contributed by atoms with E-state index in [-0.39, 0.29) is 12.0 Å². The zero-order valence-electron chi connectivity index (χ0n) is 17.2. The standard InChI is InChI=1S/C23H21N5O3/c1-15-12-19(27(2)25-15)23(29)28-13-17(14-28)30-20-11-7-6-10-18(20)22-24-21(26-31-22)16-8-4-3-5-9-16/h3-12,17H,13-14H2,1-2H3. The molecule has 4 aromatic rings. The second-order valence-corrected chi connectivity index (χ2v) is 7.53. The first-order valence-corrected chi connectivity index (χ1v) is 10.0. The average Bonchev–Trinajstić information content (AvgIpc) is 3.37. The second kappa shape index (κ2) is 7.71. The number of carbonyl (C=O) groups is 1. The van der Waals surface area contributed by atoms with Gasteiger partial charge in [0.2, 0.25) is 5.82 Å². The molecular weight excluding hydrogens is 394 g/mol. The third-order valence-electron chi connectivity index (χ3n) is 5.23. The van der Waals surface area contributed by atoms with Crippen molar-refractivity contribution >= 4 is 5.91 Å². The van der Waals surface area contributed by atoms with Gasteiger partial charge in [-0.15, -0.1) is 0 Å². The molecule has 156 valence electrons. The first-order valence-electron chi connectivity index (χ1n) is 10.0. The predicted molar refractivity (Wildman–Crippen MR) is 113 cm³/mol. The predicted octanol–water partition coefficient (Wildman–Crippen LogP) is 3.35. The minimum Gasteiger partial charge on any atom is -0.486 e. The van der Waals surface area contributed by atoms with Gasteiger partial charge >= 0.3 is 0 Å². The zero-order valence-corrected chi connectivity index (χ0v) is 17.2. The van der Waals surface area contributed by atoms with E-state index in [1.165, 1.54) is 0 Å². The Labute approximate surface area is 179 Å². The van der Waals surface area contributed by atoms with Crippen LogP contribution in [-0.4, -0.2) is 49.9 Å². The molecule has 0 radical (unpaired) electrons. The molecule has 31 heavy (non-hydrogen) atoms. The number of hydrogen-bond acceptors (Lipinski definition) is 6. The zero-order chi connectivity index (χ0) is 21.4. The van der Waals surface area contributed by atoms with Gasteiger partial charge in [0.15, 0.2) is 0 Å². The highest BCUT2D eigenvalue weighted by Crippen LogP contribution is 2.32. The van der Waals surface area contributed by atoms with Crippen molar-refractivity contribution in [2.45, 2.75) is 13.0 Å². The van der Waals surface area contributed by atoms with E-state index in [4.69, 9.17) is 9.26 Å². The van der Waals surface area contributed by atoms with Gasteiger partial charge in [0.1, 0.15) is 17.5 Å². The largest absolute Gasteiger partial charge is 0.486 e. The molecule has 0 N–H and O–H groups in total. The summed E-state index contributed by atoms with van der Waals surface area (Å²) in [7, 11) is 1.78. The molecule has 8 heteroatoms. The summed E-state index contributed by atoms with van der Waals surface area (Å²) in [5.41, 5.74) is 3.01. The van der Waals surface area contributed by atoms with Crippen molar-refractivity contribution in [2.24, 2.45) is 7.05 Å². The number of hydrogen-bond donors (Lipinski definition) is 0. The summed E-state index contributed by atoms with van der Waals surface area (Å²) < 4.78 is 13.3. The van der Waals surface area contributed by atoms with Gasteiger partial charge in [0.05, 0.1) is 24.3 Å². The van der Waals surface area contributed by atoms with Crippen LogP contribution in [0.2, 0.25) is 0 Å². The van der Waals surface area contributed by atoms with Crippen LogP contribution in [0.4, 0.5) is 0 Å². The Hall–Kier alpha value is -3.94. The van der Waals surface area contributed by atoms with Gasteiger partial charge in [0, 0.05) is 12.6 Å². The molecule has 1 saturated heterocycles. The maximum Gasteiger partial charge on any atom is 0.272 e. The van der Waals surface area contributed by atoms with Gasteiger partial charge in [-0.05, 0) is 25.1 Å². The highest BCUT2D eigenvalue weighted by Gasteiger charge is 2.34. The lowest BCUT2D eigenvalue weighted by Gasteiger charge is -2.39. The summed E-state index contributed by atoms with van der Waals surface area (Å²) in [6.45, 7) is 2.89. The van der Waals surface area contributed by atoms with Crippen molar-refractivity contribution < 1.29 is 14.1 Å². The lowest BCUT2D eigenvalue weighted by molar-refractivity contribution is 0.0171. The molecule has 1 aliphatic heterocycles. The molecule has 0 spiro atoms. The van der Waals surface area contributed by atoms with Crippen molar-refractivity contribution in [2.75, 3.05) is 13.1 Å². The molecule has 5 rings (SSSR count). The van der Waals surface area contributed by atoms with Crippen molar-refractivity contribution in [1.82, 2.24) is 24.8 Å². The van der Waals surface area contributed by atoms with E-state index >= 15 is 0 Å².